The van der Waals surface area contributed by atoms with Gasteiger partial charge in [0.05, 0.1) is 12.0 Å². The van der Waals surface area contributed by atoms with E-state index < -0.39 is 0 Å². The van der Waals surface area contributed by atoms with Crippen LogP contribution in [0.25, 0.3) is 0 Å². The van der Waals surface area contributed by atoms with Gasteiger partial charge in [0.1, 0.15) is 11.4 Å². The van der Waals surface area contributed by atoms with Crippen molar-refractivity contribution in [2.45, 2.75) is 25.4 Å². The molecule has 0 bridgehead atoms. The minimum Gasteiger partial charge on any atom is -0.357 e. The molecule has 0 aromatic heterocycles. The van der Waals surface area contributed by atoms with E-state index in [1.54, 1.807) is 17.3 Å². The number of fused-ring (bicyclic) bond motifs is 1. The van der Waals surface area contributed by atoms with Crippen LogP contribution < -0.4 is 5.32 Å². The molecule has 0 spiro atoms. The molecule has 7 nitrogen and oxygen atoms in total. The lowest BCUT2D eigenvalue weighted by Crippen LogP contribution is -2.32. The summed E-state index contributed by atoms with van der Waals surface area (Å²) in [5, 5.41) is 15.5. The molecule has 1 unspecified atom stereocenters. The van der Waals surface area contributed by atoms with Crippen LogP contribution in [0.4, 0.5) is 0 Å². The molecular formula is C15H18N7+. The average molecular weight is 296 g/mol. The molecule has 4 aliphatic rings. The number of rotatable bonds is 1. The Labute approximate surface area is 128 Å². The fourth-order valence-electron chi connectivity index (χ4n) is 3.09. The number of amidine groups is 1. The number of piperidine rings is 1. The summed E-state index contributed by atoms with van der Waals surface area (Å²) in [5.74, 6) is 1.21. The van der Waals surface area contributed by atoms with Gasteiger partial charge in [-0.05, 0) is 19.3 Å². The number of allylic oxidation sites excluding steroid dienone is 2. The SMILES string of the molecule is N=C1N=[N+]2C=CC=NC2C1=C1C=C(N2CCCCC2)N=CN1. The summed E-state index contributed by atoms with van der Waals surface area (Å²) < 4.78 is 1.71. The van der Waals surface area contributed by atoms with Crippen molar-refractivity contribution < 1.29 is 4.70 Å². The summed E-state index contributed by atoms with van der Waals surface area (Å²) in [6.45, 7) is 2.09. The van der Waals surface area contributed by atoms with Crippen LogP contribution in [0.15, 0.2) is 50.5 Å². The number of nitrogens with zero attached hydrogens (tertiary/aromatic N) is 5. The maximum atomic E-state index is 8.15. The molecular weight excluding hydrogens is 278 g/mol. The minimum atomic E-state index is -0.245. The lowest BCUT2D eigenvalue weighted by Gasteiger charge is -2.30. The molecule has 0 saturated carbocycles. The Kier molecular flexibility index (Phi) is 3.17. The summed E-state index contributed by atoms with van der Waals surface area (Å²) in [6.07, 6.45) is 12.6. The van der Waals surface area contributed by atoms with E-state index in [1.165, 1.54) is 19.3 Å². The molecule has 0 radical (unpaired) electrons. The van der Waals surface area contributed by atoms with E-state index in [9.17, 15) is 0 Å². The highest BCUT2D eigenvalue weighted by molar-refractivity contribution is 5.99. The van der Waals surface area contributed by atoms with Crippen LogP contribution in [-0.4, -0.2) is 47.2 Å². The summed E-state index contributed by atoms with van der Waals surface area (Å²) in [7, 11) is 0. The van der Waals surface area contributed by atoms with Crippen molar-refractivity contribution in [2.75, 3.05) is 13.1 Å². The quantitative estimate of drug-likeness (QED) is 0.720. The van der Waals surface area contributed by atoms with E-state index in [0.717, 1.165) is 30.2 Å². The number of aliphatic imine (C=N–C) groups is 2. The molecule has 7 heteroatoms. The molecule has 4 aliphatic heterocycles. The molecule has 22 heavy (non-hydrogen) atoms. The Morgan fingerprint density at radius 2 is 2.14 bits per heavy atom. The van der Waals surface area contributed by atoms with Crippen molar-refractivity contribution in [1.82, 2.24) is 10.2 Å². The molecule has 0 aromatic carbocycles. The highest BCUT2D eigenvalue weighted by Crippen LogP contribution is 2.26. The number of likely N-dealkylation sites (tertiary alicyclic amines) is 1. The summed E-state index contributed by atoms with van der Waals surface area (Å²) in [6, 6.07) is 0. The first-order valence-corrected chi connectivity index (χ1v) is 7.62. The standard InChI is InChI=1S/C15H18N7/c16-14-13(15-17-5-4-8-22(15)20-14)11-9-12(19-10-18-11)21-6-2-1-3-7-21/h4-5,8-10,15-16H,1-3,6-7H2,(H,18,19)/q+1. The predicted octanol–water partition coefficient (Wildman–Crippen LogP) is 1.58. The summed E-state index contributed by atoms with van der Waals surface area (Å²) >= 11 is 0. The van der Waals surface area contributed by atoms with Crippen LogP contribution in [0.1, 0.15) is 19.3 Å². The first-order chi connectivity index (χ1) is 10.8. The smallest absolute Gasteiger partial charge is 0.308 e. The van der Waals surface area contributed by atoms with Crippen LogP contribution >= 0.6 is 0 Å². The van der Waals surface area contributed by atoms with E-state index in [2.05, 4.69) is 25.3 Å². The second-order valence-electron chi connectivity index (χ2n) is 5.62. The summed E-state index contributed by atoms with van der Waals surface area (Å²) in [4.78, 5) is 11.2. The zero-order valence-corrected chi connectivity index (χ0v) is 12.2. The minimum absolute atomic E-state index is 0.245. The average Bonchev–Trinajstić information content (AvgIpc) is 2.91. The first-order valence-electron chi connectivity index (χ1n) is 7.62. The second-order valence-corrected chi connectivity index (χ2v) is 5.62. The van der Waals surface area contributed by atoms with E-state index in [0.29, 0.717) is 0 Å². The van der Waals surface area contributed by atoms with Crippen molar-refractivity contribution in [3.63, 3.8) is 0 Å². The van der Waals surface area contributed by atoms with Gasteiger partial charge in [-0.3, -0.25) is 5.41 Å². The third kappa shape index (κ3) is 2.18. The normalized spacial score (nSPS) is 30.1. The van der Waals surface area contributed by atoms with Crippen molar-refractivity contribution in [2.24, 2.45) is 15.1 Å². The maximum Gasteiger partial charge on any atom is 0.308 e. The summed E-state index contributed by atoms with van der Waals surface area (Å²) in [5.41, 5.74) is 1.66. The Hall–Kier alpha value is -2.57. The Morgan fingerprint density at radius 1 is 1.27 bits per heavy atom. The molecule has 2 N–H and O–H groups in total. The fraction of sp³-hybridized carbons (Fsp3) is 0.400. The van der Waals surface area contributed by atoms with E-state index in [-0.39, 0.29) is 12.0 Å². The molecule has 1 atom stereocenters. The third-order valence-electron chi connectivity index (χ3n) is 4.19. The largest absolute Gasteiger partial charge is 0.357 e. The van der Waals surface area contributed by atoms with Crippen LogP contribution in [0, 0.1) is 5.41 Å². The number of azo groups is 2. The van der Waals surface area contributed by atoms with Gasteiger partial charge < -0.3 is 10.2 Å². The number of hydrogen-bond donors (Lipinski definition) is 2. The molecule has 1 saturated heterocycles. The zero-order chi connectivity index (χ0) is 14.9. The molecule has 112 valence electrons. The Morgan fingerprint density at radius 3 is 3.00 bits per heavy atom. The van der Waals surface area contributed by atoms with E-state index in [4.69, 9.17) is 5.41 Å². The van der Waals surface area contributed by atoms with Gasteiger partial charge in [0.2, 0.25) is 12.0 Å². The number of nitrogens with one attached hydrogen (secondary N) is 2. The van der Waals surface area contributed by atoms with Gasteiger partial charge in [-0.1, -0.05) is 4.70 Å². The van der Waals surface area contributed by atoms with Gasteiger partial charge in [-0.2, -0.15) is 0 Å². The zero-order valence-electron chi connectivity index (χ0n) is 12.2. The van der Waals surface area contributed by atoms with Crippen LogP contribution in [0.3, 0.4) is 0 Å². The van der Waals surface area contributed by atoms with Crippen molar-refractivity contribution in [1.29, 1.82) is 5.41 Å². The van der Waals surface area contributed by atoms with Gasteiger partial charge in [0, 0.05) is 36.6 Å². The van der Waals surface area contributed by atoms with Gasteiger partial charge in [-0.25, -0.2) is 9.98 Å². The lowest BCUT2D eigenvalue weighted by atomic mass is 10.1. The van der Waals surface area contributed by atoms with E-state index >= 15 is 0 Å². The molecule has 0 amide bonds. The van der Waals surface area contributed by atoms with Crippen LogP contribution in [0.2, 0.25) is 0 Å². The molecule has 4 rings (SSSR count). The van der Waals surface area contributed by atoms with Crippen LogP contribution in [0.5, 0.6) is 0 Å². The molecule has 0 aromatic rings. The van der Waals surface area contributed by atoms with Crippen molar-refractivity contribution in [3.8, 4) is 0 Å². The Balaban J connectivity index is 1.68. The van der Waals surface area contributed by atoms with Crippen molar-refractivity contribution in [3.05, 3.63) is 35.4 Å². The van der Waals surface area contributed by atoms with E-state index in [1.807, 2.05) is 18.4 Å². The van der Waals surface area contributed by atoms with Crippen LogP contribution in [-0.2, 0) is 0 Å². The van der Waals surface area contributed by atoms with Crippen molar-refractivity contribution >= 4 is 18.4 Å². The van der Waals surface area contributed by atoms with Gasteiger partial charge in [-0.15, -0.1) is 0 Å². The highest BCUT2D eigenvalue weighted by Gasteiger charge is 2.40. The lowest BCUT2D eigenvalue weighted by molar-refractivity contribution is -0.542. The molecule has 1 fully saturated rings. The maximum absolute atomic E-state index is 8.15. The second kappa shape index (κ2) is 5.32. The van der Waals surface area contributed by atoms with Gasteiger partial charge >= 0.3 is 6.17 Å². The monoisotopic (exact) mass is 296 g/mol. The fourth-order valence-corrected chi connectivity index (χ4v) is 3.09. The molecule has 0 aliphatic carbocycles. The molecule has 4 heterocycles. The third-order valence-corrected chi connectivity index (χ3v) is 4.19. The Bertz CT molecular complexity index is 687. The number of hydrogen-bond acceptors (Lipinski definition) is 5. The predicted molar refractivity (Wildman–Crippen MR) is 84.0 cm³/mol. The topological polar surface area (TPSA) is 79.2 Å². The first kappa shape index (κ1) is 13.1. The van der Waals surface area contributed by atoms with Gasteiger partial charge in [0.25, 0.3) is 0 Å². The highest BCUT2D eigenvalue weighted by atomic mass is 15.4. The van der Waals surface area contributed by atoms with Gasteiger partial charge in [0.15, 0.2) is 0 Å².